The van der Waals surface area contributed by atoms with Gasteiger partial charge >= 0.3 is 0 Å². The second-order valence-corrected chi connectivity index (χ2v) is 9.58. The van der Waals surface area contributed by atoms with Crippen LogP contribution in [-0.2, 0) is 6.61 Å². The quantitative estimate of drug-likeness (QED) is 0.199. The van der Waals surface area contributed by atoms with Crippen molar-refractivity contribution in [3.63, 3.8) is 0 Å². The van der Waals surface area contributed by atoms with Gasteiger partial charge in [-0.3, -0.25) is 9.89 Å². The maximum atomic E-state index is 12.8. The molecule has 6 rings (SSSR count). The third-order valence-electron chi connectivity index (χ3n) is 6.95. The molecule has 0 saturated carbocycles. The van der Waals surface area contributed by atoms with Crippen LogP contribution >= 0.6 is 0 Å². The highest BCUT2D eigenvalue weighted by atomic mass is 16.5. The maximum Gasteiger partial charge on any atom is 0.270 e. The number of hydrogen-bond acceptors (Lipinski definition) is 6. The number of aromatic nitrogens is 2. The zero-order valence-electron chi connectivity index (χ0n) is 21.7. The summed E-state index contributed by atoms with van der Waals surface area (Å²) < 4.78 is 12.1. The van der Waals surface area contributed by atoms with Crippen LogP contribution in [0.5, 0.6) is 11.5 Å². The Hall–Kier alpha value is -5.24. The van der Waals surface area contributed by atoms with Crippen LogP contribution in [0.25, 0.3) is 11.3 Å². The molecule has 1 aliphatic rings. The van der Waals surface area contributed by atoms with Crippen molar-refractivity contribution in [3.8, 4) is 22.8 Å². The molecule has 2 N–H and O–H groups in total. The van der Waals surface area contributed by atoms with E-state index in [-0.39, 0.29) is 18.1 Å². The summed E-state index contributed by atoms with van der Waals surface area (Å²) in [6, 6.07) is 32.0. The first-order valence-electron chi connectivity index (χ1n) is 13.0. The van der Waals surface area contributed by atoms with Gasteiger partial charge < -0.3 is 14.8 Å². The van der Waals surface area contributed by atoms with E-state index in [2.05, 4.69) is 20.7 Å². The number of rotatable bonds is 9. The van der Waals surface area contributed by atoms with Gasteiger partial charge in [0.15, 0.2) is 0 Å². The molecule has 1 aromatic heterocycles. The van der Waals surface area contributed by atoms with Gasteiger partial charge in [-0.05, 0) is 65.2 Å². The van der Waals surface area contributed by atoms with Crippen molar-refractivity contribution in [2.24, 2.45) is 5.18 Å². The van der Waals surface area contributed by atoms with Crippen LogP contribution in [0.2, 0.25) is 0 Å². The fourth-order valence-electron chi connectivity index (χ4n) is 4.84. The topological polar surface area (TPSA) is 106 Å². The average Bonchev–Trinajstić information content (AvgIpc) is 3.58. The molecule has 8 heteroatoms. The lowest BCUT2D eigenvalue weighted by molar-refractivity contribution is 0.0955. The minimum absolute atomic E-state index is 0.120. The van der Waals surface area contributed by atoms with Crippen LogP contribution in [-0.4, -0.2) is 16.1 Å². The molecule has 2 heterocycles. The Balaban J connectivity index is 1.21. The lowest BCUT2D eigenvalue weighted by Gasteiger charge is -2.16. The predicted molar refractivity (Wildman–Crippen MR) is 151 cm³/mol. The minimum atomic E-state index is -0.360. The molecule has 0 saturated heterocycles. The molecule has 5 aromatic rings. The summed E-state index contributed by atoms with van der Waals surface area (Å²) in [5.74, 6) is 1.21. The number of nitrogens with zero attached hydrogens (tertiary/aromatic N) is 2. The van der Waals surface area contributed by atoms with Gasteiger partial charge in [0, 0.05) is 11.1 Å². The molecule has 0 fully saturated rings. The average molecular weight is 531 g/mol. The lowest BCUT2D eigenvalue weighted by atomic mass is 9.96. The van der Waals surface area contributed by atoms with E-state index < -0.39 is 0 Å². The Bertz CT molecular complexity index is 1650. The van der Waals surface area contributed by atoms with Crippen LogP contribution in [0.3, 0.4) is 0 Å². The number of nitroso groups, excluding NO2 is 1. The Morgan fingerprint density at radius 1 is 0.900 bits per heavy atom. The third-order valence-corrected chi connectivity index (χ3v) is 6.95. The van der Waals surface area contributed by atoms with Crippen molar-refractivity contribution < 1.29 is 14.3 Å². The van der Waals surface area contributed by atoms with Gasteiger partial charge in [-0.2, -0.15) is 5.10 Å². The van der Waals surface area contributed by atoms with Gasteiger partial charge in [0.2, 0.25) is 0 Å². The molecule has 1 amide bonds. The van der Waals surface area contributed by atoms with Crippen molar-refractivity contribution in [1.29, 1.82) is 0 Å². The summed E-state index contributed by atoms with van der Waals surface area (Å²) in [5, 5.41) is 13.4. The fourth-order valence-corrected chi connectivity index (χ4v) is 4.84. The van der Waals surface area contributed by atoms with Crippen LogP contribution in [0.4, 0.5) is 5.69 Å². The molecule has 40 heavy (non-hydrogen) atoms. The number of carbonyl (C=O) groups is 1. The number of aromatic amines is 1. The van der Waals surface area contributed by atoms with Gasteiger partial charge in [-0.15, -0.1) is 4.91 Å². The van der Waals surface area contributed by atoms with Crippen LogP contribution in [0.1, 0.15) is 51.8 Å². The number of nitrogens with one attached hydrogen (secondary N) is 2. The van der Waals surface area contributed by atoms with Gasteiger partial charge in [0.05, 0.1) is 11.7 Å². The van der Waals surface area contributed by atoms with E-state index in [1.54, 1.807) is 12.1 Å². The molecular formula is C32H26N4O4. The first-order chi connectivity index (χ1) is 19.6. The summed E-state index contributed by atoms with van der Waals surface area (Å²) in [6.45, 7) is 2.37. The first kappa shape index (κ1) is 25.1. The van der Waals surface area contributed by atoms with E-state index in [1.165, 1.54) is 0 Å². The van der Waals surface area contributed by atoms with E-state index >= 15 is 0 Å². The van der Waals surface area contributed by atoms with Crippen molar-refractivity contribution >= 4 is 11.6 Å². The summed E-state index contributed by atoms with van der Waals surface area (Å²) in [7, 11) is 0. The smallest absolute Gasteiger partial charge is 0.270 e. The molecule has 0 radical (unpaired) electrons. The van der Waals surface area contributed by atoms with Crippen molar-refractivity contribution in [2.45, 2.75) is 25.7 Å². The number of ether oxygens (including phenoxy) is 2. The second kappa shape index (κ2) is 10.9. The summed E-state index contributed by atoms with van der Waals surface area (Å²) in [4.78, 5) is 23.4. The highest BCUT2D eigenvalue weighted by molar-refractivity contribution is 6.00. The van der Waals surface area contributed by atoms with Gasteiger partial charge in [-0.25, -0.2) is 0 Å². The first-order valence-corrected chi connectivity index (χ1v) is 13.0. The molecule has 0 spiro atoms. The highest BCUT2D eigenvalue weighted by Gasteiger charge is 2.35. The van der Waals surface area contributed by atoms with Crippen molar-refractivity contribution in [2.75, 3.05) is 0 Å². The van der Waals surface area contributed by atoms with E-state index in [0.29, 0.717) is 29.4 Å². The molecule has 1 aliphatic heterocycles. The zero-order chi connectivity index (χ0) is 27.5. The monoisotopic (exact) mass is 530 g/mol. The Kier molecular flexibility index (Phi) is 6.80. The lowest BCUT2D eigenvalue weighted by Crippen LogP contribution is -2.21. The van der Waals surface area contributed by atoms with Crippen molar-refractivity contribution in [3.05, 3.63) is 136 Å². The summed E-state index contributed by atoms with van der Waals surface area (Å²) in [6.07, 6.45) is -0.120. The number of H-pyrrole nitrogens is 1. The SMILES string of the molecule is C[C@H](Oc1cccc(-c2n[nH]c3c2C(c2ccc(OCc4ccc(N=O)cc4)cc2)NC3=O)c1)c1ccccc1. The zero-order valence-corrected chi connectivity index (χ0v) is 21.7. The minimum Gasteiger partial charge on any atom is -0.489 e. The van der Waals surface area contributed by atoms with E-state index in [1.807, 2.05) is 97.9 Å². The highest BCUT2D eigenvalue weighted by Crippen LogP contribution is 2.38. The Morgan fingerprint density at radius 3 is 2.42 bits per heavy atom. The Morgan fingerprint density at radius 2 is 1.68 bits per heavy atom. The van der Waals surface area contributed by atoms with Crippen LogP contribution in [0.15, 0.2) is 108 Å². The van der Waals surface area contributed by atoms with Crippen LogP contribution < -0.4 is 14.8 Å². The third kappa shape index (κ3) is 5.07. The molecule has 0 aliphatic carbocycles. The van der Waals surface area contributed by atoms with Gasteiger partial charge in [-0.1, -0.05) is 66.7 Å². The van der Waals surface area contributed by atoms with Gasteiger partial charge in [0.1, 0.15) is 35.6 Å². The molecule has 0 bridgehead atoms. The standard InChI is InChI=1S/C32H26N4O4/c1-20(22-6-3-2-4-7-22)40-27-9-5-8-24(18-27)30-28-29(33-32(37)31(28)35-34-30)23-12-16-26(17-13-23)39-19-21-10-14-25(36-38)15-11-21/h2-18,20,29H,19H2,1H3,(H,33,37)(H,34,35)/t20-,29?/m0/s1. The van der Waals surface area contributed by atoms with E-state index in [4.69, 9.17) is 9.47 Å². The molecule has 198 valence electrons. The number of carbonyl (C=O) groups excluding carboxylic acids is 1. The second-order valence-electron chi connectivity index (χ2n) is 9.58. The molecule has 1 unspecified atom stereocenters. The molecule has 4 aromatic carbocycles. The summed E-state index contributed by atoms with van der Waals surface area (Å²) in [5.41, 5.74) is 6.12. The predicted octanol–water partition coefficient (Wildman–Crippen LogP) is 7.03. The Labute approximate surface area is 231 Å². The maximum absolute atomic E-state index is 12.8. The number of fused-ring (bicyclic) bond motifs is 1. The number of hydrogen-bond donors (Lipinski definition) is 2. The van der Waals surface area contributed by atoms with Gasteiger partial charge in [0.25, 0.3) is 5.91 Å². The normalized spacial score (nSPS) is 14.7. The van der Waals surface area contributed by atoms with Crippen molar-refractivity contribution in [1.82, 2.24) is 15.5 Å². The van der Waals surface area contributed by atoms with Crippen LogP contribution in [0, 0.1) is 4.91 Å². The summed E-state index contributed by atoms with van der Waals surface area (Å²) >= 11 is 0. The molecular weight excluding hydrogens is 504 g/mol. The van der Waals surface area contributed by atoms with E-state index in [9.17, 15) is 9.70 Å². The van der Waals surface area contributed by atoms with E-state index in [0.717, 1.165) is 33.6 Å². The fraction of sp³-hybridized carbons (Fsp3) is 0.125. The molecule has 8 nitrogen and oxygen atoms in total. The number of amides is 1. The largest absolute Gasteiger partial charge is 0.489 e. The number of benzene rings is 4. The molecule has 2 atom stereocenters.